The van der Waals surface area contributed by atoms with Gasteiger partial charge in [-0.1, -0.05) is 23.7 Å². The minimum absolute atomic E-state index is 0.0908. The van der Waals surface area contributed by atoms with Crippen molar-refractivity contribution in [2.24, 2.45) is 0 Å². The van der Waals surface area contributed by atoms with Crippen LogP contribution in [0.25, 0.3) is 5.69 Å². The number of benzene rings is 1. The molecule has 2 aromatic rings. The first-order valence-corrected chi connectivity index (χ1v) is 7.03. The third-order valence-electron chi connectivity index (χ3n) is 3.43. The predicted octanol–water partition coefficient (Wildman–Crippen LogP) is 2.29. The van der Waals surface area contributed by atoms with E-state index < -0.39 is 0 Å². The summed E-state index contributed by atoms with van der Waals surface area (Å²) in [6, 6.07) is 8.78. The first kappa shape index (κ1) is 15.5. The summed E-state index contributed by atoms with van der Waals surface area (Å²) >= 11 is 6.17. The molecule has 1 amide bonds. The van der Waals surface area contributed by atoms with Gasteiger partial charge in [-0.05, 0) is 32.0 Å². The van der Waals surface area contributed by atoms with E-state index in [1.165, 1.54) is 4.90 Å². The molecule has 0 saturated carbocycles. The number of hydrogen-bond acceptors (Lipinski definition) is 3. The van der Waals surface area contributed by atoms with Crippen LogP contribution in [0.2, 0.25) is 5.02 Å². The minimum Gasteiger partial charge on any atom is -0.394 e. The minimum atomic E-state index is -0.261. The van der Waals surface area contributed by atoms with Crippen LogP contribution in [0.1, 0.15) is 23.1 Å². The van der Waals surface area contributed by atoms with Crippen LogP contribution in [0.4, 0.5) is 0 Å². The smallest absolute Gasteiger partial charge is 0.274 e. The second-order valence-corrected chi connectivity index (χ2v) is 5.39. The molecule has 0 radical (unpaired) electrons. The second-order valence-electron chi connectivity index (χ2n) is 4.98. The van der Waals surface area contributed by atoms with Gasteiger partial charge in [-0.15, -0.1) is 0 Å². The first-order chi connectivity index (χ1) is 9.95. The molecule has 0 fully saturated rings. The van der Waals surface area contributed by atoms with E-state index in [-0.39, 0.29) is 18.6 Å². The zero-order valence-corrected chi connectivity index (χ0v) is 13.0. The molecule has 1 atom stereocenters. The Kier molecular flexibility index (Phi) is 4.65. The normalized spacial score (nSPS) is 12.2. The molecule has 0 aliphatic rings. The molecule has 5 nitrogen and oxygen atoms in total. The van der Waals surface area contributed by atoms with E-state index in [9.17, 15) is 4.79 Å². The highest BCUT2D eigenvalue weighted by molar-refractivity contribution is 6.32. The van der Waals surface area contributed by atoms with Gasteiger partial charge in [-0.25, -0.2) is 4.68 Å². The second kappa shape index (κ2) is 6.28. The van der Waals surface area contributed by atoms with Crippen molar-refractivity contribution in [2.75, 3.05) is 13.7 Å². The van der Waals surface area contributed by atoms with Crippen molar-refractivity contribution in [3.05, 3.63) is 46.7 Å². The lowest BCUT2D eigenvalue weighted by Gasteiger charge is -2.21. The summed E-state index contributed by atoms with van der Waals surface area (Å²) in [5, 5.41) is 14.0. The summed E-state index contributed by atoms with van der Waals surface area (Å²) in [5.41, 5.74) is 1.88. The summed E-state index contributed by atoms with van der Waals surface area (Å²) in [4.78, 5) is 13.8. The fourth-order valence-electron chi connectivity index (χ4n) is 1.95. The largest absolute Gasteiger partial charge is 0.394 e. The Balaban J connectivity index is 2.36. The maximum atomic E-state index is 12.3. The number of hydrogen-bond donors (Lipinski definition) is 1. The van der Waals surface area contributed by atoms with Crippen LogP contribution in [0.15, 0.2) is 30.3 Å². The van der Waals surface area contributed by atoms with Crippen LogP contribution in [0, 0.1) is 6.92 Å². The van der Waals surface area contributed by atoms with E-state index in [4.69, 9.17) is 16.7 Å². The fourth-order valence-corrected chi connectivity index (χ4v) is 2.17. The molecule has 0 aliphatic carbocycles. The molecule has 1 aromatic heterocycles. The van der Waals surface area contributed by atoms with Gasteiger partial charge in [0.05, 0.1) is 23.4 Å². The van der Waals surface area contributed by atoms with Gasteiger partial charge >= 0.3 is 0 Å². The van der Waals surface area contributed by atoms with Crippen molar-refractivity contribution in [3.63, 3.8) is 0 Å². The number of carbonyl (C=O) groups excluding carboxylic acids is 1. The highest BCUT2D eigenvalue weighted by Gasteiger charge is 2.21. The monoisotopic (exact) mass is 307 g/mol. The van der Waals surface area contributed by atoms with E-state index in [0.717, 1.165) is 11.4 Å². The average Bonchev–Trinajstić information content (AvgIpc) is 2.87. The van der Waals surface area contributed by atoms with Gasteiger partial charge in [-0.2, -0.15) is 5.10 Å². The molecule has 1 unspecified atom stereocenters. The number of aromatic nitrogens is 2. The van der Waals surface area contributed by atoms with Crippen molar-refractivity contribution >= 4 is 17.5 Å². The number of para-hydroxylation sites is 1. The molecule has 0 saturated heterocycles. The molecule has 2 rings (SSSR count). The van der Waals surface area contributed by atoms with Crippen molar-refractivity contribution in [3.8, 4) is 5.69 Å². The average molecular weight is 308 g/mol. The van der Waals surface area contributed by atoms with Crippen LogP contribution in [0.5, 0.6) is 0 Å². The highest BCUT2D eigenvalue weighted by atomic mass is 35.5. The zero-order chi connectivity index (χ0) is 15.6. The van der Waals surface area contributed by atoms with Crippen LogP contribution >= 0.6 is 11.6 Å². The van der Waals surface area contributed by atoms with Gasteiger partial charge in [0.1, 0.15) is 0 Å². The van der Waals surface area contributed by atoms with Gasteiger partial charge in [0.25, 0.3) is 5.91 Å². The van der Waals surface area contributed by atoms with Gasteiger partial charge in [0.2, 0.25) is 0 Å². The molecular weight excluding hydrogens is 290 g/mol. The fraction of sp³-hybridized carbons (Fsp3) is 0.333. The van der Waals surface area contributed by atoms with Crippen molar-refractivity contribution in [1.29, 1.82) is 0 Å². The summed E-state index contributed by atoms with van der Waals surface area (Å²) in [5.74, 6) is -0.231. The predicted molar refractivity (Wildman–Crippen MR) is 82.0 cm³/mol. The Morgan fingerprint density at radius 2 is 2.14 bits per heavy atom. The molecule has 112 valence electrons. The van der Waals surface area contributed by atoms with Crippen LogP contribution in [-0.4, -0.2) is 45.4 Å². The standard InChI is InChI=1S/C15H18ClN3O2/c1-10-8-13(15(21)18(3)11(2)9-20)17-19(10)14-7-5-4-6-12(14)16/h4-8,11,20H,9H2,1-3H3. The molecule has 0 spiro atoms. The van der Waals surface area contributed by atoms with Gasteiger partial charge in [-0.3, -0.25) is 4.79 Å². The quantitative estimate of drug-likeness (QED) is 0.943. The molecule has 1 N–H and O–H groups in total. The lowest BCUT2D eigenvalue weighted by molar-refractivity contribution is 0.0676. The Morgan fingerprint density at radius 3 is 2.76 bits per heavy atom. The SMILES string of the molecule is Cc1cc(C(=O)N(C)C(C)CO)nn1-c1ccccc1Cl. The molecule has 21 heavy (non-hydrogen) atoms. The van der Waals surface area contributed by atoms with E-state index in [2.05, 4.69) is 5.10 Å². The summed E-state index contributed by atoms with van der Waals surface area (Å²) < 4.78 is 1.65. The molecule has 0 bridgehead atoms. The summed E-state index contributed by atoms with van der Waals surface area (Å²) in [6.07, 6.45) is 0. The lowest BCUT2D eigenvalue weighted by atomic mass is 10.2. The summed E-state index contributed by atoms with van der Waals surface area (Å²) in [7, 11) is 1.65. The van der Waals surface area contributed by atoms with Gasteiger partial charge in [0, 0.05) is 12.7 Å². The van der Waals surface area contributed by atoms with Gasteiger partial charge in [0.15, 0.2) is 5.69 Å². The number of aliphatic hydroxyl groups excluding tert-OH is 1. The lowest BCUT2D eigenvalue weighted by Crippen LogP contribution is -2.37. The number of amides is 1. The topological polar surface area (TPSA) is 58.4 Å². The molecule has 6 heteroatoms. The number of aliphatic hydroxyl groups is 1. The molecule has 1 aromatic carbocycles. The third-order valence-corrected chi connectivity index (χ3v) is 3.75. The van der Waals surface area contributed by atoms with E-state index >= 15 is 0 Å². The number of nitrogens with zero attached hydrogens (tertiary/aromatic N) is 3. The van der Waals surface area contributed by atoms with E-state index in [1.54, 1.807) is 30.8 Å². The number of likely N-dealkylation sites (N-methyl/N-ethyl adjacent to an activating group) is 1. The van der Waals surface area contributed by atoms with Crippen molar-refractivity contribution in [2.45, 2.75) is 19.9 Å². The molecular formula is C15H18ClN3O2. The van der Waals surface area contributed by atoms with E-state index in [0.29, 0.717) is 10.7 Å². The maximum absolute atomic E-state index is 12.3. The Labute approximate surface area is 128 Å². The molecule has 1 heterocycles. The first-order valence-electron chi connectivity index (χ1n) is 6.65. The number of rotatable bonds is 4. The highest BCUT2D eigenvalue weighted by Crippen LogP contribution is 2.21. The third kappa shape index (κ3) is 3.09. The van der Waals surface area contributed by atoms with Crippen molar-refractivity contribution in [1.82, 2.24) is 14.7 Å². The van der Waals surface area contributed by atoms with E-state index in [1.807, 2.05) is 25.1 Å². The van der Waals surface area contributed by atoms with Crippen LogP contribution in [0.3, 0.4) is 0 Å². The molecule has 0 aliphatic heterocycles. The van der Waals surface area contributed by atoms with Crippen LogP contribution < -0.4 is 0 Å². The summed E-state index contributed by atoms with van der Waals surface area (Å²) in [6.45, 7) is 3.55. The zero-order valence-electron chi connectivity index (χ0n) is 12.2. The Bertz CT molecular complexity index is 654. The number of aryl methyl sites for hydroxylation is 1. The number of halogens is 1. The van der Waals surface area contributed by atoms with Gasteiger partial charge < -0.3 is 10.0 Å². The number of carbonyl (C=O) groups is 1. The van der Waals surface area contributed by atoms with Crippen molar-refractivity contribution < 1.29 is 9.90 Å². The Morgan fingerprint density at radius 1 is 1.48 bits per heavy atom. The van der Waals surface area contributed by atoms with Crippen LogP contribution in [-0.2, 0) is 0 Å². The maximum Gasteiger partial charge on any atom is 0.274 e. The Hall–Kier alpha value is -1.85.